The molecule has 6 heteroatoms. The third kappa shape index (κ3) is 4.40. The summed E-state index contributed by atoms with van der Waals surface area (Å²) >= 11 is 0. The lowest BCUT2D eigenvalue weighted by molar-refractivity contribution is 0.0463. The summed E-state index contributed by atoms with van der Waals surface area (Å²) in [7, 11) is 3.69. The molecule has 2 rings (SSSR count). The Kier molecular flexibility index (Phi) is 5.70. The number of nitrogens with zero attached hydrogens (tertiary/aromatic N) is 3. The van der Waals surface area contributed by atoms with Crippen LogP contribution in [0.4, 0.5) is 5.95 Å². The Morgan fingerprint density at radius 2 is 2.10 bits per heavy atom. The van der Waals surface area contributed by atoms with Gasteiger partial charge in [-0.15, -0.1) is 0 Å². The smallest absolute Gasteiger partial charge is 0.225 e. The third-order valence-corrected chi connectivity index (χ3v) is 3.59. The SMILES string of the molecule is COCCNCc1cnc(N(C)CC2CC(O)C2)nc1. The maximum absolute atomic E-state index is 9.29. The first kappa shape index (κ1) is 15.2. The highest BCUT2D eigenvalue weighted by Crippen LogP contribution is 2.28. The molecule has 0 spiro atoms. The van der Waals surface area contributed by atoms with Crippen LogP contribution in [0.1, 0.15) is 18.4 Å². The van der Waals surface area contributed by atoms with Crippen molar-refractivity contribution in [3.8, 4) is 0 Å². The molecule has 1 heterocycles. The van der Waals surface area contributed by atoms with E-state index in [1.807, 2.05) is 19.4 Å². The first-order valence-electron chi connectivity index (χ1n) is 7.09. The molecule has 0 atom stereocenters. The van der Waals surface area contributed by atoms with Gasteiger partial charge in [0.2, 0.25) is 5.95 Å². The van der Waals surface area contributed by atoms with Gasteiger partial charge in [-0.1, -0.05) is 0 Å². The molecule has 0 aliphatic heterocycles. The highest BCUT2D eigenvalue weighted by molar-refractivity contribution is 5.28. The monoisotopic (exact) mass is 280 g/mol. The lowest BCUT2D eigenvalue weighted by Crippen LogP contribution is -2.37. The Morgan fingerprint density at radius 1 is 1.40 bits per heavy atom. The summed E-state index contributed by atoms with van der Waals surface area (Å²) in [5.41, 5.74) is 1.07. The maximum atomic E-state index is 9.29. The van der Waals surface area contributed by atoms with Gasteiger partial charge in [-0.2, -0.15) is 0 Å². The van der Waals surface area contributed by atoms with E-state index in [9.17, 15) is 5.11 Å². The number of ether oxygens (including phenoxy) is 1. The molecule has 2 N–H and O–H groups in total. The van der Waals surface area contributed by atoms with Crippen LogP contribution in [0, 0.1) is 5.92 Å². The second-order valence-electron chi connectivity index (χ2n) is 5.43. The number of aromatic nitrogens is 2. The summed E-state index contributed by atoms with van der Waals surface area (Å²) in [5.74, 6) is 1.31. The van der Waals surface area contributed by atoms with Crippen molar-refractivity contribution in [1.29, 1.82) is 0 Å². The minimum absolute atomic E-state index is 0.102. The molecule has 1 aliphatic rings. The van der Waals surface area contributed by atoms with Gasteiger partial charge in [0, 0.05) is 51.7 Å². The van der Waals surface area contributed by atoms with Crippen molar-refractivity contribution in [2.24, 2.45) is 5.92 Å². The van der Waals surface area contributed by atoms with Gasteiger partial charge in [0.25, 0.3) is 0 Å². The summed E-state index contributed by atoms with van der Waals surface area (Å²) in [6, 6.07) is 0. The number of methoxy groups -OCH3 is 1. The molecule has 0 bridgehead atoms. The van der Waals surface area contributed by atoms with Gasteiger partial charge in [-0.3, -0.25) is 0 Å². The standard InChI is InChI=1S/C14H24N4O2/c1-18(10-11-5-13(19)6-11)14-16-8-12(9-17-14)7-15-3-4-20-2/h8-9,11,13,15,19H,3-7,10H2,1-2H3. The minimum Gasteiger partial charge on any atom is -0.393 e. The highest BCUT2D eigenvalue weighted by Gasteiger charge is 2.28. The lowest BCUT2D eigenvalue weighted by Gasteiger charge is -2.34. The summed E-state index contributed by atoms with van der Waals surface area (Å²) in [6.07, 6.45) is 5.40. The zero-order valence-corrected chi connectivity index (χ0v) is 12.2. The molecule has 0 unspecified atom stereocenters. The van der Waals surface area contributed by atoms with Crippen LogP contribution in [0.25, 0.3) is 0 Å². The first-order chi connectivity index (χ1) is 9.69. The van der Waals surface area contributed by atoms with E-state index in [0.29, 0.717) is 12.5 Å². The second kappa shape index (κ2) is 7.52. The van der Waals surface area contributed by atoms with Gasteiger partial charge in [-0.25, -0.2) is 9.97 Å². The molecule has 1 fully saturated rings. The van der Waals surface area contributed by atoms with Crippen molar-refractivity contribution in [2.75, 3.05) is 38.8 Å². The fraction of sp³-hybridized carbons (Fsp3) is 0.714. The molecular formula is C14H24N4O2. The average Bonchev–Trinajstić information content (AvgIpc) is 2.42. The Balaban J connectivity index is 1.75. The van der Waals surface area contributed by atoms with Crippen LogP contribution in [0.5, 0.6) is 0 Å². The quantitative estimate of drug-likeness (QED) is 0.673. The Bertz CT molecular complexity index is 393. The molecule has 0 radical (unpaired) electrons. The lowest BCUT2D eigenvalue weighted by atomic mass is 9.82. The van der Waals surface area contributed by atoms with Crippen LogP contribution in [-0.4, -0.2) is 55.0 Å². The predicted molar refractivity (Wildman–Crippen MR) is 77.6 cm³/mol. The number of nitrogens with one attached hydrogen (secondary N) is 1. The fourth-order valence-corrected chi connectivity index (χ4v) is 2.36. The number of rotatable bonds is 8. The molecular weight excluding hydrogens is 256 g/mol. The molecule has 1 aromatic rings. The normalized spacial score (nSPS) is 21.6. The van der Waals surface area contributed by atoms with Crippen molar-refractivity contribution in [1.82, 2.24) is 15.3 Å². The van der Waals surface area contributed by atoms with E-state index in [1.54, 1.807) is 7.11 Å². The number of hydrogen-bond acceptors (Lipinski definition) is 6. The molecule has 20 heavy (non-hydrogen) atoms. The van der Waals surface area contributed by atoms with Crippen molar-refractivity contribution in [3.63, 3.8) is 0 Å². The predicted octanol–water partition coefficient (Wildman–Crippen LogP) is 0.420. The highest BCUT2D eigenvalue weighted by atomic mass is 16.5. The molecule has 0 saturated heterocycles. The summed E-state index contributed by atoms with van der Waals surface area (Å²) in [5, 5.41) is 12.6. The van der Waals surface area contributed by atoms with Crippen molar-refractivity contribution in [2.45, 2.75) is 25.5 Å². The number of hydrogen-bond donors (Lipinski definition) is 2. The van der Waals surface area contributed by atoms with Crippen LogP contribution in [0.3, 0.4) is 0 Å². The van der Waals surface area contributed by atoms with Crippen LogP contribution in [-0.2, 0) is 11.3 Å². The van der Waals surface area contributed by atoms with Crippen LogP contribution in [0.2, 0.25) is 0 Å². The van der Waals surface area contributed by atoms with Crippen LogP contribution in [0.15, 0.2) is 12.4 Å². The molecule has 112 valence electrons. The van der Waals surface area contributed by atoms with Gasteiger partial charge in [0.15, 0.2) is 0 Å². The molecule has 1 aliphatic carbocycles. The van der Waals surface area contributed by atoms with Gasteiger partial charge in [0.1, 0.15) is 0 Å². The molecule has 1 saturated carbocycles. The molecule has 1 aromatic heterocycles. The van der Waals surface area contributed by atoms with E-state index in [4.69, 9.17) is 4.74 Å². The second-order valence-corrected chi connectivity index (χ2v) is 5.43. The molecule has 0 amide bonds. The largest absolute Gasteiger partial charge is 0.393 e. The Labute approximate surface area is 120 Å². The van der Waals surface area contributed by atoms with Crippen molar-refractivity contribution in [3.05, 3.63) is 18.0 Å². The maximum Gasteiger partial charge on any atom is 0.225 e. The van der Waals surface area contributed by atoms with Gasteiger partial charge in [-0.05, 0) is 18.8 Å². The van der Waals surface area contributed by atoms with E-state index < -0.39 is 0 Å². The van der Waals surface area contributed by atoms with Crippen LogP contribution >= 0.6 is 0 Å². The first-order valence-corrected chi connectivity index (χ1v) is 7.09. The number of aliphatic hydroxyl groups is 1. The minimum atomic E-state index is -0.102. The average molecular weight is 280 g/mol. The van der Waals surface area contributed by atoms with E-state index >= 15 is 0 Å². The fourth-order valence-electron chi connectivity index (χ4n) is 2.36. The summed E-state index contributed by atoms with van der Waals surface area (Å²) in [4.78, 5) is 10.8. The van der Waals surface area contributed by atoms with Crippen molar-refractivity contribution >= 4 is 5.95 Å². The third-order valence-electron chi connectivity index (χ3n) is 3.59. The van der Waals surface area contributed by atoms with E-state index in [-0.39, 0.29) is 6.10 Å². The van der Waals surface area contributed by atoms with Crippen LogP contribution < -0.4 is 10.2 Å². The zero-order valence-electron chi connectivity index (χ0n) is 12.2. The summed E-state index contributed by atoms with van der Waals surface area (Å²) < 4.78 is 4.97. The van der Waals surface area contributed by atoms with E-state index in [1.165, 1.54) is 0 Å². The van der Waals surface area contributed by atoms with Gasteiger partial charge < -0.3 is 20.1 Å². The van der Waals surface area contributed by atoms with E-state index in [2.05, 4.69) is 20.2 Å². The van der Waals surface area contributed by atoms with Crippen molar-refractivity contribution < 1.29 is 9.84 Å². The zero-order chi connectivity index (χ0) is 14.4. The number of anilines is 1. The molecule has 0 aromatic carbocycles. The van der Waals surface area contributed by atoms with Gasteiger partial charge >= 0.3 is 0 Å². The van der Waals surface area contributed by atoms with E-state index in [0.717, 1.165) is 44.0 Å². The molecule has 6 nitrogen and oxygen atoms in total. The van der Waals surface area contributed by atoms with Gasteiger partial charge in [0.05, 0.1) is 12.7 Å². The Morgan fingerprint density at radius 3 is 2.70 bits per heavy atom. The Hall–Kier alpha value is -1.24. The topological polar surface area (TPSA) is 70.5 Å². The number of aliphatic hydroxyl groups excluding tert-OH is 1. The summed E-state index contributed by atoms with van der Waals surface area (Å²) in [6.45, 7) is 3.18.